The molecule has 2 atom stereocenters. The number of fused-ring (bicyclic) bond motifs is 1. The first-order valence-electron chi connectivity index (χ1n) is 6.69. The van der Waals surface area contributed by atoms with Crippen molar-refractivity contribution in [1.29, 1.82) is 0 Å². The molecular weight excluding hydrogens is 313 g/mol. The maximum atomic E-state index is 13.1. The van der Waals surface area contributed by atoms with E-state index in [1.54, 1.807) is 13.8 Å². The number of carboxylic acid groups (broad SMARTS) is 1. The predicted molar refractivity (Wildman–Crippen MR) is 77.4 cm³/mol. The van der Waals surface area contributed by atoms with E-state index < -0.39 is 38.9 Å². The number of benzene rings is 1. The van der Waals surface area contributed by atoms with Crippen molar-refractivity contribution >= 4 is 27.0 Å². The Bertz CT molecular complexity index is 799. The molecule has 120 valence electrons. The standard InChI is InChI=1S/C14H16FNO5S/c1-3-8(2)13(14(17)18)16-22(19,20)12-7-9-6-10(15)4-5-11(9)21-12/h4-8,13,16H,3H2,1-2H3,(H,17,18)/t8-,13-/m0/s1. The monoisotopic (exact) mass is 329 g/mol. The molecule has 2 N–H and O–H groups in total. The minimum atomic E-state index is -4.15. The fourth-order valence-electron chi connectivity index (χ4n) is 1.99. The summed E-state index contributed by atoms with van der Waals surface area (Å²) in [5.74, 6) is -2.18. The number of carboxylic acids is 1. The number of sulfonamides is 1. The predicted octanol–water partition coefficient (Wildman–Crippen LogP) is 2.35. The first-order chi connectivity index (χ1) is 10.2. The fourth-order valence-corrected chi connectivity index (χ4v) is 3.26. The van der Waals surface area contributed by atoms with Gasteiger partial charge in [0.1, 0.15) is 17.4 Å². The van der Waals surface area contributed by atoms with Crippen LogP contribution in [0.5, 0.6) is 0 Å². The lowest BCUT2D eigenvalue weighted by atomic mass is 10.0. The minimum Gasteiger partial charge on any atom is -0.480 e. The van der Waals surface area contributed by atoms with Gasteiger partial charge in [0, 0.05) is 11.5 Å². The molecule has 0 spiro atoms. The third-order valence-electron chi connectivity index (χ3n) is 3.48. The summed E-state index contributed by atoms with van der Waals surface area (Å²) in [5.41, 5.74) is 0.206. The molecule has 1 aromatic carbocycles. The molecule has 1 aromatic heterocycles. The number of nitrogens with one attached hydrogen (secondary N) is 1. The number of hydrogen-bond donors (Lipinski definition) is 2. The zero-order valence-electron chi connectivity index (χ0n) is 12.0. The van der Waals surface area contributed by atoms with Crippen LogP contribution in [0.25, 0.3) is 11.0 Å². The van der Waals surface area contributed by atoms with Gasteiger partial charge >= 0.3 is 5.97 Å². The van der Waals surface area contributed by atoms with Gasteiger partial charge in [-0.25, -0.2) is 12.8 Å². The maximum absolute atomic E-state index is 13.1. The summed E-state index contributed by atoms with van der Waals surface area (Å²) in [6, 6.07) is 3.50. The molecule has 0 aliphatic carbocycles. The Labute approximate surface area is 127 Å². The molecule has 2 rings (SSSR count). The number of rotatable bonds is 6. The summed E-state index contributed by atoms with van der Waals surface area (Å²) in [5, 5.41) is 9.00. The molecular formula is C14H16FNO5S. The van der Waals surface area contributed by atoms with Gasteiger partial charge in [0.05, 0.1) is 0 Å². The summed E-state index contributed by atoms with van der Waals surface area (Å²) in [4.78, 5) is 11.2. The highest BCUT2D eigenvalue weighted by Gasteiger charge is 2.31. The maximum Gasteiger partial charge on any atom is 0.322 e. The average molecular weight is 329 g/mol. The Balaban J connectivity index is 2.37. The summed E-state index contributed by atoms with van der Waals surface area (Å²) in [6.07, 6.45) is 0.491. The van der Waals surface area contributed by atoms with Crippen molar-refractivity contribution < 1.29 is 27.1 Å². The van der Waals surface area contributed by atoms with Crippen molar-refractivity contribution in [3.8, 4) is 0 Å². The smallest absolute Gasteiger partial charge is 0.322 e. The van der Waals surface area contributed by atoms with Crippen LogP contribution in [0.2, 0.25) is 0 Å². The van der Waals surface area contributed by atoms with Gasteiger partial charge in [-0.15, -0.1) is 0 Å². The first kappa shape index (κ1) is 16.4. The van der Waals surface area contributed by atoms with Gasteiger partial charge in [-0.05, 0) is 24.1 Å². The molecule has 0 radical (unpaired) electrons. The highest BCUT2D eigenvalue weighted by molar-refractivity contribution is 7.89. The van der Waals surface area contributed by atoms with E-state index >= 15 is 0 Å². The second-order valence-electron chi connectivity index (χ2n) is 5.07. The molecule has 8 heteroatoms. The summed E-state index contributed by atoms with van der Waals surface area (Å²) in [7, 11) is -4.15. The van der Waals surface area contributed by atoms with E-state index in [0.29, 0.717) is 6.42 Å². The lowest BCUT2D eigenvalue weighted by Crippen LogP contribution is -2.44. The lowest BCUT2D eigenvalue weighted by molar-refractivity contribution is -0.140. The topological polar surface area (TPSA) is 96.6 Å². The van der Waals surface area contributed by atoms with Gasteiger partial charge in [-0.3, -0.25) is 4.79 Å². The normalized spacial score (nSPS) is 14.9. The number of halogens is 1. The van der Waals surface area contributed by atoms with Crippen LogP contribution in [0.1, 0.15) is 20.3 Å². The molecule has 0 saturated carbocycles. The average Bonchev–Trinajstić information content (AvgIpc) is 2.87. The molecule has 1 heterocycles. The summed E-state index contributed by atoms with van der Waals surface area (Å²) < 4.78 is 44.9. The number of furan rings is 1. The van der Waals surface area contributed by atoms with Gasteiger partial charge in [0.2, 0.25) is 5.09 Å². The SMILES string of the molecule is CC[C@H](C)[C@H](NS(=O)(=O)c1cc2cc(F)ccc2o1)C(=O)O. The molecule has 0 unspecified atom stereocenters. The number of aliphatic carboxylic acids is 1. The molecule has 2 aromatic rings. The van der Waals surface area contributed by atoms with Crippen LogP contribution in [0.4, 0.5) is 4.39 Å². The van der Waals surface area contributed by atoms with Crippen LogP contribution in [-0.2, 0) is 14.8 Å². The van der Waals surface area contributed by atoms with Crippen molar-refractivity contribution in [1.82, 2.24) is 4.72 Å². The van der Waals surface area contributed by atoms with E-state index in [-0.39, 0.29) is 11.0 Å². The highest BCUT2D eigenvalue weighted by Crippen LogP contribution is 2.24. The van der Waals surface area contributed by atoms with E-state index in [1.807, 2.05) is 0 Å². The molecule has 6 nitrogen and oxygen atoms in total. The third kappa shape index (κ3) is 3.28. The van der Waals surface area contributed by atoms with Crippen LogP contribution in [0.15, 0.2) is 33.8 Å². The second-order valence-corrected chi connectivity index (χ2v) is 6.72. The molecule has 0 amide bonds. The van der Waals surface area contributed by atoms with Crippen LogP contribution >= 0.6 is 0 Å². The Hall–Kier alpha value is -1.93. The zero-order valence-corrected chi connectivity index (χ0v) is 12.9. The molecule has 0 fully saturated rings. The van der Waals surface area contributed by atoms with Crippen LogP contribution in [0, 0.1) is 11.7 Å². The van der Waals surface area contributed by atoms with Crippen molar-refractivity contribution in [2.75, 3.05) is 0 Å². The van der Waals surface area contributed by atoms with Crippen molar-refractivity contribution in [3.63, 3.8) is 0 Å². The van der Waals surface area contributed by atoms with E-state index in [1.165, 1.54) is 6.07 Å². The largest absolute Gasteiger partial charge is 0.480 e. The fraction of sp³-hybridized carbons (Fsp3) is 0.357. The molecule has 0 aliphatic heterocycles. The summed E-state index contributed by atoms with van der Waals surface area (Å²) in [6.45, 7) is 3.40. The number of carbonyl (C=O) groups is 1. The zero-order chi connectivity index (χ0) is 16.5. The van der Waals surface area contributed by atoms with Crippen molar-refractivity contribution in [2.45, 2.75) is 31.4 Å². The first-order valence-corrected chi connectivity index (χ1v) is 8.17. The van der Waals surface area contributed by atoms with Gasteiger partial charge in [0.25, 0.3) is 10.0 Å². The minimum absolute atomic E-state index is 0.206. The molecule has 0 saturated heterocycles. The molecule has 0 aliphatic rings. The molecule has 0 bridgehead atoms. The summed E-state index contributed by atoms with van der Waals surface area (Å²) >= 11 is 0. The Kier molecular flexibility index (Phi) is 4.52. The van der Waals surface area contributed by atoms with E-state index in [4.69, 9.17) is 9.52 Å². The van der Waals surface area contributed by atoms with Crippen LogP contribution in [-0.4, -0.2) is 25.5 Å². The quantitative estimate of drug-likeness (QED) is 0.848. The van der Waals surface area contributed by atoms with Gasteiger partial charge in [-0.2, -0.15) is 4.72 Å². The van der Waals surface area contributed by atoms with E-state index in [0.717, 1.165) is 18.2 Å². The third-order valence-corrected chi connectivity index (χ3v) is 4.78. The van der Waals surface area contributed by atoms with Crippen molar-refractivity contribution in [3.05, 3.63) is 30.1 Å². The van der Waals surface area contributed by atoms with Crippen molar-refractivity contribution in [2.24, 2.45) is 5.92 Å². The van der Waals surface area contributed by atoms with E-state index in [2.05, 4.69) is 4.72 Å². The number of hydrogen-bond acceptors (Lipinski definition) is 4. The Morgan fingerprint density at radius 3 is 2.68 bits per heavy atom. The Morgan fingerprint density at radius 2 is 2.09 bits per heavy atom. The highest BCUT2D eigenvalue weighted by atomic mass is 32.2. The molecule has 22 heavy (non-hydrogen) atoms. The van der Waals surface area contributed by atoms with E-state index in [9.17, 15) is 17.6 Å². The lowest BCUT2D eigenvalue weighted by Gasteiger charge is -2.19. The Morgan fingerprint density at radius 1 is 1.41 bits per heavy atom. The van der Waals surface area contributed by atoms with Gasteiger partial charge in [-0.1, -0.05) is 20.3 Å². The van der Waals surface area contributed by atoms with Gasteiger partial charge in [0.15, 0.2) is 0 Å². The van der Waals surface area contributed by atoms with Crippen LogP contribution < -0.4 is 4.72 Å². The van der Waals surface area contributed by atoms with Gasteiger partial charge < -0.3 is 9.52 Å². The van der Waals surface area contributed by atoms with Crippen LogP contribution in [0.3, 0.4) is 0 Å². The second kappa shape index (κ2) is 6.05.